The minimum absolute atomic E-state index is 0.349. The van der Waals surface area contributed by atoms with Crippen LogP contribution in [0.2, 0.25) is 0 Å². The van der Waals surface area contributed by atoms with Gasteiger partial charge in [-0.2, -0.15) is 4.98 Å². The van der Waals surface area contributed by atoms with E-state index in [1.807, 2.05) is 30.5 Å². The molecule has 8 heteroatoms. The number of nitrogens with two attached hydrogens (primary N) is 1. The van der Waals surface area contributed by atoms with Crippen LogP contribution in [0.5, 0.6) is 0 Å². The molecule has 1 aromatic carbocycles. The van der Waals surface area contributed by atoms with Gasteiger partial charge in [0, 0.05) is 17.0 Å². The number of aromatic nitrogens is 5. The average Bonchev–Trinajstić information content (AvgIpc) is 3.16. The van der Waals surface area contributed by atoms with Crippen molar-refractivity contribution in [1.29, 1.82) is 0 Å². The highest BCUT2D eigenvalue weighted by molar-refractivity contribution is 7.98. The molecule has 7 nitrogen and oxygen atoms in total. The van der Waals surface area contributed by atoms with Gasteiger partial charge in [-0.1, -0.05) is 10.4 Å². The summed E-state index contributed by atoms with van der Waals surface area (Å²) in [5.74, 6) is 0.883. The number of hydrogen-bond donors (Lipinski definition) is 1. The van der Waals surface area contributed by atoms with Crippen LogP contribution in [-0.4, -0.2) is 37.9 Å². The standard InChI is InChI=1S/C13H14N6OS/c1-21-10-4-2-9(3-5-10)12-15-13(20-17-12)11-8-19(7-6-14)18-16-11/h2-5,8H,6-7,14H2,1H3. The molecule has 0 fully saturated rings. The van der Waals surface area contributed by atoms with E-state index in [1.165, 1.54) is 4.90 Å². The summed E-state index contributed by atoms with van der Waals surface area (Å²) in [6.07, 6.45) is 3.77. The Morgan fingerprint density at radius 3 is 2.81 bits per heavy atom. The summed E-state index contributed by atoms with van der Waals surface area (Å²) in [7, 11) is 0. The zero-order valence-electron chi connectivity index (χ0n) is 11.4. The van der Waals surface area contributed by atoms with Crippen LogP contribution in [0.3, 0.4) is 0 Å². The molecule has 0 amide bonds. The maximum atomic E-state index is 5.47. The number of hydrogen-bond acceptors (Lipinski definition) is 7. The molecule has 2 N–H and O–H groups in total. The molecule has 0 spiro atoms. The Kier molecular flexibility index (Phi) is 3.98. The monoisotopic (exact) mass is 302 g/mol. The van der Waals surface area contributed by atoms with Gasteiger partial charge in [-0.15, -0.1) is 16.9 Å². The van der Waals surface area contributed by atoms with Crippen LogP contribution in [0.4, 0.5) is 0 Å². The van der Waals surface area contributed by atoms with Crippen LogP contribution >= 0.6 is 11.8 Å². The van der Waals surface area contributed by atoms with Gasteiger partial charge in [0.1, 0.15) is 0 Å². The smallest absolute Gasteiger partial charge is 0.280 e. The van der Waals surface area contributed by atoms with Crippen molar-refractivity contribution >= 4 is 11.8 Å². The van der Waals surface area contributed by atoms with E-state index in [0.29, 0.717) is 30.5 Å². The van der Waals surface area contributed by atoms with Gasteiger partial charge in [0.15, 0.2) is 5.69 Å². The fraction of sp³-hybridized carbons (Fsp3) is 0.231. The van der Waals surface area contributed by atoms with Crippen molar-refractivity contribution in [2.45, 2.75) is 11.4 Å². The summed E-state index contributed by atoms with van der Waals surface area (Å²) >= 11 is 1.69. The van der Waals surface area contributed by atoms with Gasteiger partial charge in [-0.25, -0.2) is 0 Å². The van der Waals surface area contributed by atoms with Gasteiger partial charge in [-0.05, 0) is 30.5 Å². The van der Waals surface area contributed by atoms with Gasteiger partial charge in [0.05, 0.1) is 12.7 Å². The quantitative estimate of drug-likeness (QED) is 0.716. The van der Waals surface area contributed by atoms with Crippen molar-refractivity contribution in [2.75, 3.05) is 12.8 Å². The molecule has 108 valence electrons. The molecule has 2 heterocycles. The lowest BCUT2D eigenvalue weighted by Gasteiger charge is -1.96. The second-order valence-corrected chi connectivity index (χ2v) is 5.19. The Bertz CT molecular complexity index is 720. The van der Waals surface area contributed by atoms with E-state index in [9.17, 15) is 0 Å². The predicted molar refractivity (Wildman–Crippen MR) is 79.6 cm³/mol. The van der Waals surface area contributed by atoms with Gasteiger partial charge < -0.3 is 10.3 Å². The minimum atomic E-state index is 0.349. The third-order valence-electron chi connectivity index (χ3n) is 2.89. The molecular formula is C13H14N6OS. The van der Waals surface area contributed by atoms with Crippen molar-refractivity contribution in [3.63, 3.8) is 0 Å². The highest BCUT2D eigenvalue weighted by Crippen LogP contribution is 2.23. The minimum Gasteiger partial charge on any atom is -0.332 e. The molecule has 0 aliphatic heterocycles. The first-order valence-corrected chi connectivity index (χ1v) is 7.61. The molecule has 0 aliphatic carbocycles. The van der Waals surface area contributed by atoms with E-state index in [-0.39, 0.29) is 0 Å². The van der Waals surface area contributed by atoms with Gasteiger partial charge >= 0.3 is 0 Å². The molecule has 0 saturated carbocycles. The molecule has 0 aliphatic rings. The first-order valence-electron chi connectivity index (χ1n) is 6.39. The van der Waals surface area contributed by atoms with Gasteiger partial charge in [0.25, 0.3) is 5.89 Å². The van der Waals surface area contributed by atoms with E-state index >= 15 is 0 Å². The second-order valence-electron chi connectivity index (χ2n) is 4.31. The summed E-state index contributed by atoms with van der Waals surface area (Å²) in [6.45, 7) is 1.10. The topological polar surface area (TPSA) is 95.7 Å². The predicted octanol–water partition coefficient (Wildman–Crippen LogP) is 1.68. The van der Waals surface area contributed by atoms with Crippen LogP contribution in [0.15, 0.2) is 39.9 Å². The molecule has 0 bridgehead atoms. The summed E-state index contributed by atoms with van der Waals surface area (Å²) in [5.41, 5.74) is 6.92. The van der Waals surface area contributed by atoms with E-state index in [4.69, 9.17) is 10.3 Å². The van der Waals surface area contributed by atoms with Crippen molar-refractivity contribution in [2.24, 2.45) is 5.73 Å². The largest absolute Gasteiger partial charge is 0.332 e. The first-order chi connectivity index (χ1) is 10.3. The Morgan fingerprint density at radius 1 is 1.29 bits per heavy atom. The number of thioether (sulfide) groups is 1. The molecule has 0 saturated heterocycles. The Hall–Kier alpha value is -2.19. The summed E-state index contributed by atoms with van der Waals surface area (Å²) in [5, 5.41) is 11.9. The van der Waals surface area contributed by atoms with Crippen molar-refractivity contribution in [3.8, 4) is 23.0 Å². The van der Waals surface area contributed by atoms with Crippen molar-refractivity contribution in [3.05, 3.63) is 30.5 Å². The van der Waals surface area contributed by atoms with Crippen LogP contribution < -0.4 is 5.73 Å². The maximum Gasteiger partial charge on any atom is 0.280 e. The molecule has 3 aromatic rings. The Morgan fingerprint density at radius 2 is 2.10 bits per heavy atom. The molecule has 0 radical (unpaired) electrons. The first kappa shape index (κ1) is 13.8. The number of nitrogens with zero attached hydrogens (tertiary/aromatic N) is 5. The van der Waals surface area contributed by atoms with Gasteiger partial charge in [-0.3, -0.25) is 4.68 Å². The third kappa shape index (κ3) is 2.96. The third-order valence-corrected chi connectivity index (χ3v) is 3.63. The second kappa shape index (κ2) is 6.06. The molecular weight excluding hydrogens is 288 g/mol. The summed E-state index contributed by atoms with van der Waals surface area (Å²) in [4.78, 5) is 5.54. The lowest BCUT2D eigenvalue weighted by molar-refractivity contribution is 0.431. The normalized spacial score (nSPS) is 11.0. The van der Waals surface area contributed by atoms with E-state index < -0.39 is 0 Å². The molecule has 0 unspecified atom stereocenters. The van der Waals surface area contributed by atoms with Crippen molar-refractivity contribution < 1.29 is 4.52 Å². The molecule has 2 aromatic heterocycles. The summed E-state index contributed by atoms with van der Waals surface area (Å²) in [6, 6.07) is 7.97. The Balaban J connectivity index is 1.84. The lowest BCUT2D eigenvalue weighted by atomic mass is 10.2. The fourth-order valence-corrected chi connectivity index (χ4v) is 2.23. The van der Waals surface area contributed by atoms with E-state index in [1.54, 1.807) is 22.6 Å². The Labute approximate surface area is 125 Å². The van der Waals surface area contributed by atoms with Crippen LogP contribution in [0, 0.1) is 0 Å². The molecule has 0 atom stereocenters. The summed E-state index contributed by atoms with van der Waals surface area (Å²) < 4.78 is 6.89. The highest BCUT2D eigenvalue weighted by Gasteiger charge is 2.13. The lowest BCUT2D eigenvalue weighted by Crippen LogP contribution is -2.10. The SMILES string of the molecule is CSc1ccc(-c2noc(-c3cn(CCN)nn3)n2)cc1. The van der Waals surface area contributed by atoms with Gasteiger partial charge in [0.2, 0.25) is 5.82 Å². The highest BCUT2D eigenvalue weighted by atomic mass is 32.2. The van der Waals surface area contributed by atoms with Crippen molar-refractivity contribution in [1.82, 2.24) is 25.1 Å². The van der Waals surface area contributed by atoms with E-state index in [2.05, 4.69) is 20.5 Å². The maximum absolute atomic E-state index is 5.47. The fourth-order valence-electron chi connectivity index (χ4n) is 1.82. The van der Waals surface area contributed by atoms with Crippen LogP contribution in [0.25, 0.3) is 23.0 Å². The van der Waals surface area contributed by atoms with Crippen LogP contribution in [-0.2, 0) is 6.54 Å². The zero-order chi connectivity index (χ0) is 14.7. The zero-order valence-corrected chi connectivity index (χ0v) is 12.2. The van der Waals surface area contributed by atoms with E-state index in [0.717, 1.165) is 5.56 Å². The molecule has 3 rings (SSSR count). The number of rotatable bonds is 5. The number of benzene rings is 1. The molecule has 21 heavy (non-hydrogen) atoms. The average molecular weight is 302 g/mol. The van der Waals surface area contributed by atoms with Crippen LogP contribution in [0.1, 0.15) is 0 Å².